The summed E-state index contributed by atoms with van der Waals surface area (Å²) >= 11 is 0. The molecule has 0 saturated heterocycles. The van der Waals surface area contributed by atoms with Crippen molar-refractivity contribution in [3.8, 4) is 11.4 Å². The van der Waals surface area contributed by atoms with E-state index in [1.807, 2.05) is 37.3 Å². The highest BCUT2D eigenvalue weighted by molar-refractivity contribution is 5.95. The number of carbonyl (C=O) groups is 1. The van der Waals surface area contributed by atoms with E-state index in [1.54, 1.807) is 10.9 Å². The van der Waals surface area contributed by atoms with Gasteiger partial charge in [-0.15, -0.1) is 0 Å². The highest BCUT2D eigenvalue weighted by Gasteiger charge is 2.25. The van der Waals surface area contributed by atoms with Crippen molar-refractivity contribution >= 4 is 5.91 Å². The Morgan fingerprint density at radius 1 is 1.36 bits per heavy atom. The van der Waals surface area contributed by atoms with Gasteiger partial charge in [0.05, 0.1) is 24.6 Å². The molecule has 1 heterocycles. The largest absolute Gasteiger partial charge is 0.490 e. The van der Waals surface area contributed by atoms with Gasteiger partial charge < -0.3 is 15.2 Å². The molecule has 1 aromatic carbocycles. The standard InChI is InChI=1S/C19H25N3O3/c1-2-25-17-13-22(15-10-4-3-5-11-15)21-18(17)19(24)20-12-16(23)14-8-6-7-9-14/h3-5,10-11,13-14,16,23H,2,6-9,12H2,1H3,(H,20,24). The molecule has 0 bridgehead atoms. The molecule has 1 aliphatic carbocycles. The first-order valence-corrected chi connectivity index (χ1v) is 8.93. The van der Waals surface area contributed by atoms with Gasteiger partial charge in [0.25, 0.3) is 5.91 Å². The Hall–Kier alpha value is -2.34. The van der Waals surface area contributed by atoms with E-state index >= 15 is 0 Å². The van der Waals surface area contributed by atoms with Crippen molar-refractivity contribution in [2.45, 2.75) is 38.7 Å². The van der Waals surface area contributed by atoms with E-state index in [1.165, 1.54) is 0 Å². The van der Waals surface area contributed by atoms with Gasteiger partial charge in [-0.3, -0.25) is 4.79 Å². The smallest absolute Gasteiger partial charge is 0.275 e. The van der Waals surface area contributed by atoms with E-state index in [9.17, 15) is 9.90 Å². The van der Waals surface area contributed by atoms with Crippen LogP contribution >= 0.6 is 0 Å². The van der Waals surface area contributed by atoms with Gasteiger partial charge in [0.1, 0.15) is 0 Å². The normalized spacial score (nSPS) is 15.9. The van der Waals surface area contributed by atoms with Crippen LogP contribution in [-0.4, -0.2) is 40.0 Å². The Labute approximate surface area is 147 Å². The minimum Gasteiger partial charge on any atom is -0.490 e. The number of nitrogens with zero attached hydrogens (tertiary/aromatic N) is 2. The molecule has 1 aliphatic rings. The molecule has 1 atom stereocenters. The molecule has 3 rings (SSSR count). The Morgan fingerprint density at radius 3 is 2.76 bits per heavy atom. The molecule has 25 heavy (non-hydrogen) atoms. The molecule has 0 aliphatic heterocycles. The number of aliphatic hydroxyl groups is 1. The van der Waals surface area contributed by atoms with Crippen molar-refractivity contribution in [1.29, 1.82) is 0 Å². The van der Waals surface area contributed by atoms with E-state index in [4.69, 9.17) is 4.74 Å². The van der Waals surface area contributed by atoms with Crippen LogP contribution in [0.1, 0.15) is 43.1 Å². The van der Waals surface area contributed by atoms with E-state index in [0.717, 1.165) is 31.4 Å². The molecular formula is C19H25N3O3. The first-order chi connectivity index (χ1) is 12.2. The number of ether oxygens (including phenoxy) is 1. The van der Waals surface area contributed by atoms with Crippen molar-refractivity contribution in [1.82, 2.24) is 15.1 Å². The van der Waals surface area contributed by atoms with E-state index < -0.39 is 6.10 Å². The molecule has 1 fully saturated rings. The lowest BCUT2D eigenvalue weighted by Crippen LogP contribution is -2.36. The number of para-hydroxylation sites is 1. The van der Waals surface area contributed by atoms with Crippen LogP contribution in [0.25, 0.3) is 5.69 Å². The second-order valence-corrected chi connectivity index (χ2v) is 6.38. The lowest BCUT2D eigenvalue weighted by Gasteiger charge is -2.17. The number of aliphatic hydroxyl groups excluding tert-OH is 1. The predicted molar refractivity (Wildman–Crippen MR) is 95.0 cm³/mol. The van der Waals surface area contributed by atoms with Crippen molar-refractivity contribution in [3.05, 3.63) is 42.2 Å². The van der Waals surface area contributed by atoms with Crippen LogP contribution in [0, 0.1) is 5.92 Å². The maximum atomic E-state index is 12.5. The molecule has 1 saturated carbocycles. The minimum atomic E-state index is -0.502. The van der Waals surface area contributed by atoms with E-state index in [0.29, 0.717) is 12.4 Å². The number of rotatable bonds is 7. The zero-order chi connectivity index (χ0) is 17.6. The third-order valence-corrected chi connectivity index (χ3v) is 4.63. The summed E-state index contributed by atoms with van der Waals surface area (Å²) in [5.74, 6) is 0.405. The lowest BCUT2D eigenvalue weighted by atomic mass is 10.0. The van der Waals surface area contributed by atoms with Gasteiger partial charge in [-0.25, -0.2) is 4.68 Å². The van der Waals surface area contributed by atoms with Gasteiger partial charge in [0, 0.05) is 6.54 Å². The molecule has 134 valence electrons. The number of benzene rings is 1. The second kappa shape index (κ2) is 8.16. The van der Waals surface area contributed by atoms with Crippen molar-refractivity contribution in [3.63, 3.8) is 0 Å². The summed E-state index contributed by atoms with van der Waals surface area (Å²) < 4.78 is 7.19. The van der Waals surface area contributed by atoms with Gasteiger partial charge in [-0.05, 0) is 37.8 Å². The third-order valence-electron chi connectivity index (χ3n) is 4.63. The zero-order valence-corrected chi connectivity index (χ0v) is 14.5. The van der Waals surface area contributed by atoms with E-state index in [-0.39, 0.29) is 24.1 Å². The summed E-state index contributed by atoms with van der Waals surface area (Å²) in [4.78, 5) is 12.5. The first kappa shape index (κ1) is 17.5. The predicted octanol–water partition coefficient (Wildman–Crippen LogP) is 2.55. The van der Waals surface area contributed by atoms with Crippen LogP contribution in [0.2, 0.25) is 0 Å². The van der Waals surface area contributed by atoms with Crippen LogP contribution in [0.5, 0.6) is 5.75 Å². The SMILES string of the molecule is CCOc1cn(-c2ccccc2)nc1C(=O)NCC(O)C1CCCC1. The molecule has 0 radical (unpaired) electrons. The maximum absolute atomic E-state index is 12.5. The zero-order valence-electron chi connectivity index (χ0n) is 14.5. The highest BCUT2D eigenvalue weighted by Crippen LogP contribution is 2.27. The monoisotopic (exact) mass is 343 g/mol. The van der Waals surface area contributed by atoms with Crippen LogP contribution in [-0.2, 0) is 0 Å². The molecule has 0 spiro atoms. The average molecular weight is 343 g/mol. The maximum Gasteiger partial charge on any atom is 0.275 e. The highest BCUT2D eigenvalue weighted by atomic mass is 16.5. The summed E-state index contributed by atoms with van der Waals surface area (Å²) in [7, 11) is 0. The Kier molecular flexibility index (Phi) is 5.71. The quantitative estimate of drug-likeness (QED) is 0.810. The third kappa shape index (κ3) is 4.20. The Bertz CT molecular complexity index is 693. The molecule has 1 amide bonds. The fourth-order valence-electron chi connectivity index (χ4n) is 3.28. The number of hydrogen-bond donors (Lipinski definition) is 2. The average Bonchev–Trinajstić information content (AvgIpc) is 3.30. The van der Waals surface area contributed by atoms with Crippen LogP contribution in [0.15, 0.2) is 36.5 Å². The molecule has 1 aromatic heterocycles. The van der Waals surface area contributed by atoms with Gasteiger partial charge >= 0.3 is 0 Å². The Balaban J connectivity index is 1.71. The molecule has 1 unspecified atom stereocenters. The second-order valence-electron chi connectivity index (χ2n) is 6.38. The molecule has 6 nitrogen and oxygen atoms in total. The minimum absolute atomic E-state index is 0.240. The van der Waals surface area contributed by atoms with Crippen molar-refractivity contribution in [2.75, 3.05) is 13.2 Å². The summed E-state index contributed by atoms with van der Waals surface area (Å²) in [6, 6.07) is 9.57. The fraction of sp³-hybridized carbons (Fsp3) is 0.474. The molecule has 6 heteroatoms. The van der Waals surface area contributed by atoms with Gasteiger partial charge in [0.15, 0.2) is 11.4 Å². The number of hydrogen-bond acceptors (Lipinski definition) is 4. The number of nitrogens with one attached hydrogen (secondary N) is 1. The summed E-state index contributed by atoms with van der Waals surface area (Å²) in [6.07, 6.45) is 5.59. The summed E-state index contributed by atoms with van der Waals surface area (Å²) in [5, 5.41) is 17.4. The number of amides is 1. The summed E-state index contributed by atoms with van der Waals surface area (Å²) in [6.45, 7) is 2.56. The number of carbonyl (C=O) groups excluding carboxylic acids is 1. The van der Waals surface area contributed by atoms with Crippen LogP contribution in [0.3, 0.4) is 0 Å². The van der Waals surface area contributed by atoms with E-state index in [2.05, 4.69) is 10.4 Å². The summed E-state index contributed by atoms with van der Waals surface area (Å²) in [5.41, 5.74) is 1.10. The Morgan fingerprint density at radius 2 is 2.08 bits per heavy atom. The van der Waals surface area contributed by atoms with Gasteiger partial charge in [-0.2, -0.15) is 5.10 Å². The molecule has 2 aromatic rings. The van der Waals surface area contributed by atoms with Gasteiger partial charge in [-0.1, -0.05) is 31.0 Å². The first-order valence-electron chi connectivity index (χ1n) is 8.93. The lowest BCUT2D eigenvalue weighted by molar-refractivity contribution is 0.0833. The topological polar surface area (TPSA) is 76.4 Å². The fourth-order valence-corrected chi connectivity index (χ4v) is 3.28. The van der Waals surface area contributed by atoms with Gasteiger partial charge in [0.2, 0.25) is 0 Å². The van der Waals surface area contributed by atoms with Crippen molar-refractivity contribution in [2.24, 2.45) is 5.92 Å². The van der Waals surface area contributed by atoms with Crippen molar-refractivity contribution < 1.29 is 14.6 Å². The molecular weight excluding hydrogens is 318 g/mol. The number of aromatic nitrogens is 2. The van der Waals surface area contributed by atoms with Crippen LogP contribution in [0.4, 0.5) is 0 Å². The van der Waals surface area contributed by atoms with Crippen LogP contribution < -0.4 is 10.1 Å². The molecule has 2 N–H and O–H groups in total.